The summed E-state index contributed by atoms with van der Waals surface area (Å²) >= 11 is 1.18. The van der Waals surface area contributed by atoms with Crippen LogP contribution in [0.2, 0.25) is 0 Å². The molecule has 0 aliphatic carbocycles. The number of nitrogens with one attached hydrogen (secondary N) is 1. The molecule has 0 spiro atoms. The van der Waals surface area contributed by atoms with Crippen molar-refractivity contribution in [2.75, 3.05) is 6.61 Å². The van der Waals surface area contributed by atoms with Gasteiger partial charge in [0.05, 0.1) is 11.5 Å². The molecule has 3 N–H and O–H groups in total. The van der Waals surface area contributed by atoms with Gasteiger partial charge in [-0.3, -0.25) is 14.2 Å². The van der Waals surface area contributed by atoms with Crippen molar-refractivity contribution in [2.45, 2.75) is 32.2 Å². The van der Waals surface area contributed by atoms with Gasteiger partial charge in [0.25, 0.3) is 5.91 Å². The van der Waals surface area contributed by atoms with Gasteiger partial charge in [-0.15, -0.1) is 11.3 Å². The Hall–Kier alpha value is -2.74. The van der Waals surface area contributed by atoms with E-state index in [4.69, 9.17) is 15.0 Å². The van der Waals surface area contributed by atoms with E-state index in [-0.39, 0.29) is 17.9 Å². The van der Waals surface area contributed by atoms with E-state index in [0.29, 0.717) is 16.7 Å². The second-order valence-corrected chi connectivity index (χ2v) is 10.3. The molecule has 32 heavy (non-hydrogen) atoms. The van der Waals surface area contributed by atoms with Gasteiger partial charge in [-0.1, -0.05) is 31.2 Å². The lowest BCUT2D eigenvalue weighted by molar-refractivity contribution is -0.145. The number of carbonyl (C=O) groups excluding carboxylic acids is 2. The van der Waals surface area contributed by atoms with E-state index in [9.17, 15) is 14.2 Å². The van der Waals surface area contributed by atoms with Crippen LogP contribution in [0.5, 0.6) is 5.75 Å². The number of rotatable bonds is 10. The van der Waals surface area contributed by atoms with E-state index in [1.54, 1.807) is 42.5 Å². The summed E-state index contributed by atoms with van der Waals surface area (Å²) in [5, 5.41) is 3.12. The van der Waals surface area contributed by atoms with Crippen LogP contribution in [0, 0.1) is 0 Å². The zero-order chi connectivity index (χ0) is 23.3. The molecule has 0 saturated heterocycles. The fraction of sp³-hybridized carbons (Fsp3) is 0.273. The van der Waals surface area contributed by atoms with Crippen LogP contribution < -0.4 is 15.3 Å². The monoisotopic (exact) mass is 478 g/mol. The third-order valence-corrected chi connectivity index (χ3v) is 7.77. The Morgan fingerprint density at radius 2 is 1.91 bits per heavy atom. The van der Waals surface area contributed by atoms with Crippen molar-refractivity contribution in [3.63, 3.8) is 0 Å². The lowest BCUT2D eigenvalue weighted by atomic mass is 10.2. The minimum atomic E-state index is -4.29. The van der Waals surface area contributed by atoms with Crippen LogP contribution in [0.1, 0.15) is 41.4 Å². The van der Waals surface area contributed by atoms with Crippen LogP contribution in [-0.4, -0.2) is 24.5 Å². The van der Waals surface area contributed by atoms with Crippen LogP contribution in [0.25, 0.3) is 10.1 Å². The maximum absolute atomic E-state index is 15.7. The number of benzene rings is 2. The third-order valence-electron chi connectivity index (χ3n) is 4.52. The standard InChI is InChI=1S/C22H24FN2O5PS/c1-3-11-29-22(27)14(2)25-31(28,30-17-7-5-4-6-8-17)20(23)15-9-10-18-16(12-15)13-19(32-18)21(24)26/h4-10,12-14,20H,3,11H2,1-2H3,(H2,24,26)(H,25,28)/t14-,20-,31?/m0/s1. The molecule has 0 radical (unpaired) electrons. The van der Waals surface area contributed by atoms with E-state index in [0.717, 1.165) is 4.70 Å². The number of nitrogens with two attached hydrogens (primary N) is 1. The number of thiophene rings is 1. The van der Waals surface area contributed by atoms with Gasteiger partial charge in [-0.25, -0.2) is 9.48 Å². The molecule has 7 nitrogen and oxygen atoms in total. The molecule has 1 heterocycles. The van der Waals surface area contributed by atoms with Crippen molar-refractivity contribution in [1.82, 2.24) is 5.09 Å². The van der Waals surface area contributed by atoms with Crippen LogP contribution in [0.3, 0.4) is 0 Å². The lowest BCUT2D eigenvalue weighted by Crippen LogP contribution is -2.35. The van der Waals surface area contributed by atoms with Crippen LogP contribution >= 0.6 is 18.9 Å². The van der Waals surface area contributed by atoms with E-state index in [1.807, 2.05) is 6.92 Å². The minimum absolute atomic E-state index is 0.0761. The fourth-order valence-electron chi connectivity index (χ4n) is 2.95. The molecule has 0 aliphatic rings. The molecule has 0 saturated carbocycles. The molecule has 0 bridgehead atoms. The predicted molar refractivity (Wildman–Crippen MR) is 123 cm³/mol. The van der Waals surface area contributed by atoms with Crippen molar-refractivity contribution in [3.05, 3.63) is 65.0 Å². The summed E-state index contributed by atoms with van der Waals surface area (Å²) in [6, 6.07) is 13.2. The van der Waals surface area contributed by atoms with E-state index in [2.05, 4.69) is 5.09 Å². The Kier molecular flexibility index (Phi) is 7.66. The molecule has 0 aliphatic heterocycles. The Morgan fingerprint density at radius 1 is 1.19 bits per heavy atom. The van der Waals surface area contributed by atoms with E-state index in [1.165, 1.54) is 30.4 Å². The quantitative estimate of drug-likeness (QED) is 0.307. The number of hydrogen-bond donors (Lipinski definition) is 2. The van der Waals surface area contributed by atoms with Crippen molar-refractivity contribution in [1.29, 1.82) is 0 Å². The highest BCUT2D eigenvalue weighted by Crippen LogP contribution is 2.58. The number of hydrogen-bond acceptors (Lipinski definition) is 6. The fourth-order valence-corrected chi connectivity index (χ4v) is 5.76. The molecule has 1 aromatic heterocycles. The van der Waals surface area contributed by atoms with Gasteiger partial charge in [0.1, 0.15) is 11.8 Å². The number of primary amides is 1. The smallest absolute Gasteiger partial charge is 0.355 e. The van der Waals surface area contributed by atoms with Crippen molar-refractivity contribution in [2.24, 2.45) is 5.73 Å². The topological polar surface area (TPSA) is 108 Å². The van der Waals surface area contributed by atoms with Gasteiger partial charge in [-0.05, 0) is 54.6 Å². The number of alkyl halides is 1. The lowest BCUT2D eigenvalue weighted by Gasteiger charge is -2.26. The first-order valence-electron chi connectivity index (χ1n) is 9.99. The summed E-state index contributed by atoms with van der Waals surface area (Å²) in [5.41, 5.74) is 5.40. The molecule has 1 amide bonds. The summed E-state index contributed by atoms with van der Waals surface area (Å²) in [7, 11) is -4.29. The highest BCUT2D eigenvalue weighted by atomic mass is 32.1. The largest absolute Gasteiger partial charge is 0.465 e. The number of para-hydroxylation sites is 1. The Bertz CT molecular complexity index is 1150. The molecule has 3 aromatic rings. The molecule has 2 aromatic carbocycles. The second-order valence-electron chi connectivity index (χ2n) is 7.13. The highest BCUT2D eigenvalue weighted by molar-refractivity contribution is 7.57. The van der Waals surface area contributed by atoms with Crippen molar-refractivity contribution in [3.8, 4) is 5.75 Å². The minimum Gasteiger partial charge on any atom is -0.465 e. The Balaban J connectivity index is 1.94. The van der Waals surface area contributed by atoms with E-state index >= 15 is 4.39 Å². The van der Waals surface area contributed by atoms with Gasteiger partial charge in [0.15, 0.2) is 0 Å². The maximum atomic E-state index is 15.7. The normalized spacial score (nSPS) is 15.0. The summed E-state index contributed by atoms with van der Waals surface area (Å²) in [5.74, 6) is -3.14. The molecule has 10 heteroatoms. The molecule has 3 rings (SSSR count). The first kappa shape index (κ1) is 23.9. The van der Waals surface area contributed by atoms with Gasteiger partial charge >= 0.3 is 13.5 Å². The van der Waals surface area contributed by atoms with Gasteiger partial charge < -0.3 is 15.0 Å². The highest BCUT2D eigenvalue weighted by Gasteiger charge is 2.40. The Morgan fingerprint density at radius 3 is 2.56 bits per heavy atom. The van der Waals surface area contributed by atoms with Crippen LogP contribution in [-0.2, 0) is 14.1 Å². The zero-order valence-corrected chi connectivity index (χ0v) is 19.3. The third kappa shape index (κ3) is 5.54. The van der Waals surface area contributed by atoms with Crippen molar-refractivity contribution >= 4 is 40.8 Å². The number of amides is 1. The predicted octanol–water partition coefficient (Wildman–Crippen LogP) is 5.17. The molecule has 1 unspecified atom stereocenters. The average Bonchev–Trinajstić information content (AvgIpc) is 3.21. The molecule has 3 atom stereocenters. The van der Waals surface area contributed by atoms with E-state index < -0.39 is 31.4 Å². The van der Waals surface area contributed by atoms with Gasteiger partial charge in [-0.2, -0.15) is 0 Å². The Labute approximate surface area is 189 Å². The summed E-state index contributed by atoms with van der Waals surface area (Å²) in [4.78, 5) is 24.0. The second kappa shape index (κ2) is 10.3. The molecule has 0 fully saturated rings. The first-order chi connectivity index (χ1) is 15.2. The summed E-state index contributed by atoms with van der Waals surface area (Å²) < 4.78 is 40.9. The number of ether oxygens (including phenoxy) is 1. The first-order valence-corrected chi connectivity index (χ1v) is 12.5. The van der Waals surface area contributed by atoms with Crippen LogP contribution in [0.15, 0.2) is 54.6 Å². The summed E-state index contributed by atoms with van der Waals surface area (Å²) in [6.45, 7) is 3.48. The number of esters is 1. The number of fused-ring (bicyclic) bond motifs is 1. The van der Waals surface area contributed by atoms with Crippen LogP contribution in [0.4, 0.5) is 4.39 Å². The number of halogens is 1. The summed E-state index contributed by atoms with van der Waals surface area (Å²) in [6.07, 6.45) is 0.621. The SMILES string of the molecule is CCCOC(=O)[C@H](C)NP(=O)(Oc1ccccc1)[C@H](F)c1ccc2sc(C(N)=O)cc2c1. The van der Waals surface area contributed by atoms with Gasteiger partial charge in [0.2, 0.25) is 5.91 Å². The molecular weight excluding hydrogens is 454 g/mol. The maximum Gasteiger partial charge on any atom is 0.355 e. The number of carbonyl (C=O) groups is 2. The van der Waals surface area contributed by atoms with Crippen molar-refractivity contribution < 1.29 is 27.8 Å². The van der Waals surface area contributed by atoms with Gasteiger partial charge in [0, 0.05) is 4.70 Å². The average molecular weight is 478 g/mol. The molecular formula is C22H24FN2O5PS. The zero-order valence-electron chi connectivity index (χ0n) is 17.6. The molecule has 170 valence electrons.